The molecular formula is C10H15NO2. The van der Waals surface area contributed by atoms with Crippen molar-refractivity contribution in [3.63, 3.8) is 0 Å². The van der Waals surface area contributed by atoms with Crippen molar-refractivity contribution in [2.75, 3.05) is 6.61 Å². The normalized spacial score (nSPS) is 9.92. The van der Waals surface area contributed by atoms with Crippen LogP contribution in [0.3, 0.4) is 0 Å². The summed E-state index contributed by atoms with van der Waals surface area (Å²) in [5.41, 5.74) is 0. The number of ether oxygens (including phenoxy) is 1. The van der Waals surface area contributed by atoms with E-state index in [1.807, 2.05) is 31.5 Å². The van der Waals surface area contributed by atoms with Gasteiger partial charge in [-0.1, -0.05) is 0 Å². The van der Waals surface area contributed by atoms with Crippen molar-refractivity contribution in [1.82, 2.24) is 4.57 Å². The van der Waals surface area contributed by atoms with Crippen LogP contribution in [-0.4, -0.2) is 17.1 Å². The fraction of sp³-hybridized carbons (Fsp3) is 0.500. The minimum atomic E-state index is -0.102. The van der Waals surface area contributed by atoms with Crippen molar-refractivity contribution >= 4 is 5.97 Å². The predicted molar refractivity (Wildman–Crippen MR) is 50.3 cm³/mol. The van der Waals surface area contributed by atoms with Gasteiger partial charge in [-0.15, -0.1) is 0 Å². The summed E-state index contributed by atoms with van der Waals surface area (Å²) in [5.74, 6) is -0.102. The van der Waals surface area contributed by atoms with E-state index in [1.165, 1.54) is 0 Å². The molecule has 1 aromatic rings. The largest absolute Gasteiger partial charge is 0.466 e. The Morgan fingerprint density at radius 2 is 2.08 bits per heavy atom. The molecule has 3 nitrogen and oxygen atoms in total. The van der Waals surface area contributed by atoms with Crippen LogP contribution in [0.1, 0.15) is 19.8 Å². The van der Waals surface area contributed by atoms with Gasteiger partial charge < -0.3 is 9.30 Å². The Balaban J connectivity index is 2.11. The number of carbonyl (C=O) groups is 1. The van der Waals surface area contributed by atoms with Crippen LogP contribution in [-0.2, 0) is 16.1 Å². The summed E-state index contributed by atoms with van der Waals surface area (Å²) in [6.45, 7) is 3.18. The Morgan fingerprint density at radius 3 is 2.69 bits per heavy atom. The highest BCUT2D eigenvalue weighted by Gasteiger charge is 2.00. The summed E-state index contributed by atoms with van der Waals surface area (Å²) in [7, 11) is 0. The predicted octanol–water partition coefficient (Wildman–Crippen LogP) is 1.83. The summed E-state index contributed by atoms with van der Waals surface area (Å²) in [6.07, 6.45) is 5.33. The Kier molecular flexibility index (Phi) is 4.09. The van der Waals surface area contributed by atoms with Crippen LogP contribution in [0.15, 0.2) is 24.5 Å². The van der Waals surface area contributed by atoms with Crippen molar-refractivity contribution in [3.05, 3.63) is 24.5 Å². The van der Waals surface area contributed by atoms with Crippen molar-refractivity contribution in [2.45, 2.75) is 26.3 Å². The molecule has 0 bridgehead atoms. The maximum Gasteiger partial charge on any atom is 0.305 e. The first kappa shape index (κ1) is 9.84. The first-order valence-corrected chi connectivity index (χ1v) is 4.59. The molecule has 0 saturated carbocycles. The Bertz CT molecular complexity index is 241. The molecule has 0 unspecified atom stereocenters. The molecule has 1 aromatic heterocycles. The number of nitrogens with zero attached hydrogens (tertiary/aromatic N) is 1. The van der Waals surface area contributed by atoms with Crippen LogP contribution in [0.5, 0.6) is 0 Å². The maximum absolute atomic E-state index is 10.9. The highest BCUT2D eigenvalue weighted by Crippen LogP contribution is 1.98. The Labute approximate surface area is 78.3 Å². The van der Waals surface area contributed by atoms with Gasteiger partial charge in [-0.05, 0) is 25.5 Å². The average Bonchev–Trinajstić information content (AvgIpc) is 2.57. The van der Waals surface area contributed by atoms with Gasteiger partial charge >= 0.3 is 5.97 Å². The minimum Gasteiger partial charge on any atom is -0.466 e. The van der Waals surface area contributed by atoms with E-state index in [4.69, 9.17) is 4.74 Å². The fourth-order valence-electron chi connectivity index (χ4n) is 1.16. The second kappa shape index (κ2) is 5.41. The van der Waals surface area contributed by atoms with E-state index >= 15 is 0 Å². The van der Waals surface area contributed by atoms with Crippen LogP contribution in [0, 0.1) is 0 Å². The highest BCUT2D eigenvalue weighted by atomic mass is 16.5. The topological polar surface area (TPSA) is 31.2 Å². The summed E-state index contributed by atoms with van der Waals surface area (Å²) in [6, 6.07) is 3.95. The van der Waals surface area contributed by atoms with Gasteiger partial charge in [0, 0.05) is 25.4 Å². The molecule has 0 saturated heterocycles. The minimum absolute atomic E-state index is 0.102. The van der Waals surface area contributed by atoms with Crippen molar-refractivity contribution in [1.29, 1.82) is 0 Å². The summed E-state index contributed by atoms with van der Waals surface area (Å²) < 4.78 is 6.87. The average molecular weight is 181 g/mol. The van der Waals surface area contributed by atoms with E-state index in [-0.39, 0.29) is 5.97 Å². The zero-order valence-electron chi connectivity index (χ0n) is 7.90. The Morgan fingerprint density at radius 1 is 1.38 bits per heavy atom. The van der Waals surface area contributed by atoms with Gasteiger partial charge in [0.05, 0.1) is 6.61 Å². The molecule has 0 spiro atoms. The number of hydrogen-bond donors (Lipinski definition) is 0. The molecule has 0 N–H and O–H groups in total. The van der Waals surface area contributed by atoms with Crippen molar-refractivity contribution < 1.29 is 9.53 Å². The third-order valence-corrected chi connectivity index (χ3v) is 1.77. The lowest BCUT2D eigenvalue weighted by Crippen LogP contribution is -2.05. The molecule has 0 aliphatic carbocycles. The van der Waals surface area contributed by atoms with Crippen LogP contribution in [0.25, 0.3) is 0 Å². The zero-order valence-corrected chi connectivity index (χ0v) is 7.90. The molecule has 13 heavy (non-hydrogen) atoms. The van der Waals surface area contributed by atoms with E-state index in [2.05, 4.69) is 4.57 Å². The lowest BCUT2D eigenvalue weighted by Gasteiger charge is -2.02. The summed E-state index contributed by atoms with van der Waals surface area (Å²) in [4.78, 5) is 10.9. The molecular weight excluding hydrogens is 166 g/mol. The molecule has 0 amide bonds. The van der Waals surface area contributed by atoms with Crippen LogP contribution >= 0.6 is 0 Å². The van der Waals surface area contributed by atoms with E-state index in [0.717, 1.165) is 13.0 Å². The van der Waals surface area contributed by atoms with Crippen molar-refractivity contribution in [2.24, 2.45) is 0 Å². The van der Waals surface area contributed by atoms with Gasteiger partial charge in [-0.3, -0.25) is 4.79 Å². The first-order chi connectivity index (χ1) is 6.33. The zero-order chi connectivity index (χ0) is 9.52. The van der Waals surface area contributed by atoms with Gasteiger partial charge in [-0.25, -0.2) is 0 Å². The Hall–Kier alpha value is -1.25. The molecule has 0 fully saturated rings. The second-order valence-corrected chi connectivity index (χ2v) is 2.83. The number of esters is 1. The molecule has 72 valence electrons. The van der Waals surface area contributed by atoms with Gasteiger partial charge in [0.15, 0.2) is 0 Å². The fourth-order valence-corrected chi connectivity index (χ4v) is 1.16. The third-order valence-electron chi connectivity index (χ3n) is 1.77. The quantitative estimate of drug-likeness (QED) is 0.649. The number of carbonyl (C=O) groups excluding carboxylic acids is 1. The van der Waals surface area contributed by atoms with Gasteiger partial charge in [0.25, 0.3) is 0 Å². The SMILES string of the molecule is CCOC(=O)CCCn1cccc1. The third kappa shape index (κ3) is 3.78. The van der Waals surface area contributed by atoms with Gasteiger partial charge in [0.1, 0.15) is 0 Å². The lowest BCUT2D eigenvalue weighted by atomic mass is 10.3. The van der Waals surface area contributed by atoms with Crippen LogP contribution in [0.4, 0.5) is 0 Å². The number of hydrogen-bond acceptors (Lipinski definition) is 2. The van der Waals surface area contributed by atoms with Crippen molar-refractivity contribution in [3.8, 4) is 0 Å². The monoisotopic (exact) mass is 181 g/mol. The number of aromatic nitrogens is 1. The van der Waals surface area contributed by atoms with E-state index in [1.54, 1.807) is 0 Å². The summed E-state index contributed by atoms with van der Waals surface area (Å²) >= 11 is 0. The van der Waals surface area contributed by atoms with Gasteiger partial charge in [0.2, 0.25) is 0 Å². The molecule has 0 aliphatic heterocycles. The molecule has 1 rings (SSSR count). The number of aryl methyl sites for hydroxylation is 1. The maximum atomic E-state index is 10.9. The highest BCUT2D eigenvalue weighted by molar-refractivity contribution is 5.69. The molecule has 0 aromatic carbocycles. The van der Waals surface area contributed by atoms with E-state index in [9.17, 15) is 4.79 Å². The summed E-state index contributed by atoms with van der Waals surface area (Å²) in [5, 5.41) is 0. The second-order valence-electron chi connectivity index (χ2n) is 2.83. The lowest BCUT2D eigenvalue weighted by molar-refractivity contribution is -0.143. The van der Waals surface area contributed by atoms with Crippen LogP contribution in [0.2, 0.25) is 0 Å². The molecule has 1 heterocycles. The first-order valence-electron chi connectivity index (χ1n) is 4.59. The standard InChI is InChI=1S/C10H15NO2/c1-2-13-10(12)6-5-9-11-7-3-4-8-11/h3-4,7-8H,2,5-6,9H2,1H3. The van der Waals surface area contributed by atoms with Crippen LogP contribution < -0.4 is 0 Å². The molecule has 3 heteroatoms. The number of rotatable bonds is 5. The van der Waals surface area contributed by atoms with E-state index in [0.29, 0.717) is 13.0 Å². The van der Waals surface area contributed by atoms with E-state index < -0.39 is 0 Å². The molecule has 0 radical (unpaired) electrons. The molecule has 0 atom stereocenters. The smallest absolute Gasteiger partial charge is 0.305 e. The molecule has 0 aliphatic rings. The van der Waals surface area contributed by atoms with Gasteiger partial charge in [-0.2, -0.15) is 0 Å².